The van der Waals surface area contributed by atoms with Gasteiger partial charge >= 0.3 is 0 Å². The summed E-state index contributed by atoms with van der Waals surface area (Å²) in [5.74, 6) is 0.148. The molecule has 0 aliphatic heterocycles. The standard InChI is InChI=1S/C22H25NO/c24-22(23-21-9-5-2-6-10-21)17-20-15-13-19(14-16-20)12-11-18-7-3-1-4-8-18/h1,3-4,7-8,11-16,21H,2,5-6,9-10,17H2,(H,23,24)/b12-11+. The lowest BCUT2D eigenvalue weighted by atomic mass is 9.95. The van der Waals surface area contributed by atoms with Gasteiger partial charge < -0.3 is 5.32 Å². The molecule has 3 rings (SSSR count). The van der Waals surface area contributed by atoms with Crippen LogP contribution in [0.5, 0.6) is 0 Å². The van der Waals surface area contributed by atoms with Gasteiger partial charge in [-0.3, -0.25) is 4.79 Å². The Morgan fingerprint density at radius 1 is 0.875 bits per heavy atom. The van der Waals surface area contributed by atoms with Crippen molar-refractivity contribution in [1.82, 2.24) is 5.32 Å². The molecule has 1 aliphatic carbocycles. The number of benzene rings is 2. The number of hydrogen-bond acceptors (Lipinski definition) is 1. The molecule has 1 N–H and O–H groups in total. The Kier molecular flexibility index (Phi) is 5.84. The largest absolute Gasteiger partial charge is 0.353 e. The molecule has 0 spiro atoms. The maximum atomic E-state index is 12.2. The highest BCUT2D eigenvalue weighted by molar-refractivity contribution is 5.79. The lowest BCUT2D eigenvalue weighted by Gasteiger charge is -2.22. The van der Waals surface area contributed by atoms with Crippen molar-refractivity contribution in [3.8, 4) is 0 Å². The third-order valence-corrected chi connectivity index (χ3v) is 4.58. The maximum Gasteiger partial charge on any atom is 0.224 e. The van der Waals surface area contributed by atoms with E-state index in [1.165, 1.54) is 24.8 Å². The normalized spacial score (nSPS) is 15.5. The van der Waals surface area contributed by atoms with Gasteiger partial charge in [-0.05, 0) is 29.5 Å². The molecule has 0 heterocycles. The number of carbonyl (C=O) groups is 1. The number of amides is 1. The fraction of sp³-hybridized carbons (Fsp3) is 0.318. The van der Waals surface area contributed by atoms with Gasteiger partial charge in [0.2, 0.25) is 5.91 Å². The smallest absolute Gasteiger partial charge is 0.224 e. The van der Waals surface area contributed by atoms with Crippen LogP contribution in [0.25, 0.3) is 12.2 Å². The Hall–Kier alpha value is -2.35. The summed E-state index contributed by atoms with van der Waals surface area (Å²) in [5, 5.41) is 3.18. The van der Waals surface area contributed by atoms with Gasteiger partial charge in [0.05, 0.1) is 6.42 Å². The lowest BCUT2D eigenvalue weighted by Crippen LogP contribution is -2.37. The summed E-state index contributed by atoms with van der Waals surface area (Å²) in [7, 11) is 0. The average molecular weight is 319 g/mol. The van der Waals surface area contributed by atoms with Crippen molar-refractivity contribution < 1.29 is 4.79 Å². The van der Waals surface area contributed by atoms with E-state index < -0.39 is 0 Å². The summed E-state index contributed by atoms with van der Waals surface area (Å²) in [6, 6.07) is 18.9. The minimum Gasteiger partial charge on any atom is -0.353 e. The van der Waals surface area contributed by atoms with E-state index in [4.69, 9.17) is 0 Å². The molecule has 1 amide bonds. The van der Waals surface area contributed by atoms with Crippen LogP contribution in [-0.2, 0) is 11.2 Å². The van der Waals surface area contributed by atoms with Crippen molar-refractivity contribution >= 4 is 18.1 Å². The van der Waals surface area contributed by atoms with Crippen molar-refractivity contribution in [2.75, 3.05) is 0 Å². The van der Waals surface area contributed by atoms with Crippen LogP contribution in [0.3, 0.4) is 0 Å². The summed E-state index contributed by atoms with van der Waals surface area (Å²) in [4.78, 5) is 12.2. The van der Waals surface area contributed by atoms with E-state index in [9.17, 15) is 4.79 Å². The third kappa shape index (κ3) is 5.09. The zero-order valence-corrected chi connectivity index (χ0v) is 14.1. The van der Waals surface area contributed by atoms with Crippen molar-refractivity contribution in [1.29, 1.82) is 0 Å². The van der Waals surface area contributed by atoms with Gasteiger partial charge in [-0.2, -0.15) is 0 Å². The first kappa shape index (κ1) is 16.5. The molecule has 0 unspecified atom stereocenters. The highest BCUT2D eigenvalue weighted by Crippen LogP contribution is 2.17. The Labute approximate surface area is 144 Å². The van der Waals surface area contributed by atoms with Gasteiger partial charge in [0, 0.05) is 6.04 Å². The Bertz CT molecular complexity index is 667. The second kappa shape index (κ2) is 8.49. The fourth-order valence-corrected chi connectivity index (χ4v) is 3.21. The van der Waals surface area contributed by atoms with Crippen LogP contribution in [-0.4, -0.2) is 11.9 Å². The Morgan fingerprint density at radius 3 is 2.17 bits per heavy atom. The molecule has 2 nitrogen and oxygen atoms in total. The minimum atomic E-state index is 0.148. The van der Waals surface area contributed by atoms with Crippen LogP contribution in [0.15, 0.2) is 54.6 Å². The van der Waals surface area contributed by atoms with Crippen LogP contribution >= 0.6 is 0 Å². The molecule has 124 valence electrons. The molecule has 1 aliphatic rings. The zero-order valence-electron chi connectivity index (χ0n) is 14.1. The summed E-state index contributed by atoms with van der Waals surface area (Å²) < 4.78 is 0. The van der Waals surface area contributed by atoms with Crippen LogP contribution in [0.4, 0.5) is 0 Å². The van der Waals surface area contributed by atoms with E-state index in [0.717, 1.165) is 24.0 Å². The highest BCUT2D eigenvalue weighted by atomic mass is 16.1. The third-order valence-electron chi connectivity index (χ3n) is 4.58. The molecule has 2 heteroatoms. The molecular formula is C22H25NO. The first-order valence-electron chi connectivity index (χ1n) is 8.91. The SMILES string of the molecule is O=C(Cc1ccc(/C=C/c2ccccc2)cc1)NC1CCCCC1. The summed E-state index contributed by atoms with van der Waals surface area (Å²) >= 11 is 0. The van der Waals surface area contributed by atoms with E-state index in [-0.39, 0.29) is 5.91 Å². The predicted octanol–water partition coefficient (Wildman–Crippen LogP) is 4.85. The van der Waals surface area contributed by atoms with E-state index in [1.54, 1.807) is 0 Å². The van der Waals surface area contributed by atoms with Gasteiger partial charge in [-0.1, -0.05) is 86.0 Å². The monoisotopic (exact) mass is 319 g/mol. The van der Waals surface area contributed by atoms with Gasteiger partial charge in [0.25, 0.3) is 0 Å². The highest BCUT2D eigenvalue weighted by Gasteiger charge is 2.15. The summed E-state index contributed by atoms with van der Waals surface area (Å²) in [6.07, 6.45) is 10.7. The van der Waals surface area contributed by atoms with E-state index in [1.807, 2.05) is 30.3 Å². The second-order valence-electron chi connectivity index (χ2n) is 6.56. The molecule has 1 fully saturated rings. The molecule has 2 aromatic carbocycles. The first-order valence-corrected chi connectivity index (χ1v) is 8.91. The van der Waals surface area contributed by atoms with E-state index in [0.29, 0.717) is 12.5 Å². The van der Waals surface area contributed by atoms with Crippen molar-refractivity contribution in [3.63, 3.8) is 0 Å². The van der Waals surface area contributed by atoms with Crippen molar-refractivity contribution in [2.24, 2.45) is 0 Å². The number of rotatable bonds is 5. The zero-order chi connectivity index (χ0) is 16.6. The quantitative estimate of drug-likeness (QED) is 0.784. The van der Waals surface area contributed by atoms with Crippen LogP contribution in [0.2, 0.25) is 0 Å². The molecular weight excluding hydrogens is 294 g/mol. The van der Waals surface area contributed by atoms with E-state index in [2.05, 4.69) is 41.7 Å². The number of nitrogens with one attached hydrogen (secondary N) is 1. The summed E-state index contributed by atoms with van der Waals surface area (Å²) in [6.45, 7) is 0. The van der Waals surface area contributed by atoms with Crippen LogP contribution in [0.1, 0.15) is 48.8 Å². The van der Waals surface area contributed by atoms with Gasteiger partial charge in [-0.15, -0.1) is 0 Å². The fourth-order valence-electron chi connectivity index (χ4n) is 3.21. The molecule has 0 bridgehead atoms. The second-order valence-corrected chi connectivity index (χ2v) is 6.56. The molecule has 2 aromatic rings. The maximum absolute atomic E-state index is 12.2. The topological polar surface area (TPSA) is 29.1 Å². The molecule has 24 heavy (non-hydrogen) atoms. The first-order chi connectivity index (χ1) is 11.8. The van der Waals surface area contributed by atoms with Crippen LogP contribution < -0.4 is 5.32 Å². The Morgan fingerprint density at radius 2 is 1.50 bits per heavy atom. The van der Waals surface area contributed by atoms with Gasteiger partial charge in [0.15, 0.2) is 0 Å². The Balaban J connectivity index is 1.52. The van der Waals surface area contributed by atoms with Gasteiger partial charge in [0.1, 0.15) is 0 Å². The molecule has 0 saturated heterocycles. The van der Waals surface area contributed by atoms with Crippen LogP contribution in [0, 0.1) is 0 Å². The number of carbonyl (C=O) groups excluding carboxylic acids is 1. The summed E-state index contributed by atoms with van der Waals surface area (Å²) in [5.41, 5.74) is 3.41. The molecule has 0 aromatic heterocycles. The van der Waals surface area contributed by atoms with Gasteiger partial charge in [-0.25, -0.2) is 0 Å². The molecule has 1 saturated carbocycles. The predicted molar refractivity (Wildman–Crippen MR) is 101 cm³/mol. The van der Waals surface area contributed by atoms with E-state index >= 15 is 0 Å². The van der Waals surface area contributed by atoms with Crippen molar-refractivity contribution in [2.45, 2.75) is 44.6 Å². The lowest BCUT2D eigenvalue weighted by molar-refractivity contribution is -0.121. The van der Waals surface area contributed by atoms with Crippen molar-refractivity contribution in [3.05, 3.63) is 71.3 Å². The average Bonchev–Trinajstić information content (AvgIpc) is 2.63. The minimum absolute atomic E-state index is 0.148. The molecule has 0 atom stereocenters. The molecule has 0 radical (unpaired) electrons. The number of hydrogen-bond donors (Lipinski definition) is 1.